The average molecular weight is 512 g/mol. The molecule has 2 saturated carbocycles. The number of rotatable bonds is 6. The van der Waals surface area contributed by atoms with Crippen LogP contribution >= 0.6 is 15.9 Å². The summed E-state index contributed by atoms with van der Waals surface area (Å²) in [7, 11) is -2.07. The number of hydrogen-bond acceptors (Lipinski definition) is 3. The quantitative estimate of drug-likeness (QED) is 0.267. The topological polar surface area (TPSA) is 35.5 Å². The van der Waals surface area contributed by atoms with Gasteiger partial charge in [-0.2, -0.15) is 0 Å². The Labute approximate surface area is 199 Å². The molecule has 0 bridgehead atoms. The molecule has 0 aromatic carbocycles. The molecule has 5 heteroatoms. The van der Waals surface area contributed by atoms with Crippen molar-refractivity contribution in [3.8, 4) is 0 Å². The SMILES string of the molecule is C[C@H](CCC1=C[C@](C)(O[Si](C)(C)C(C)(C)C)C(=O)O1)[C@H]1CCC2C(=CBr)CCC[C@]21C. The van der Waals surface area contributed by atoms with Crippen molar-refractivity contribution in [3.63, 3.8) is 0 Å². The Morgan fingerprint density at radius 2 is 2.00 bits per heavy atom. The summed E-state index contributed by atoms with van der Waals surface area (Å²) in [6, 6.07) is 0. The third-order valence-electron chi connectivity index (χ3n) is 9.05. The van der Waals surface area contributed by atoms with Crippen LogP contribution in [-0.2, 0) is 14.0 Å². The van der Waals surface area contributed by atoms with Gasteiger partial charge < -0.3 is 9.16 Å². The number of hydrogen-bond donors (Lipinski definition) is 0. The normalized spacial score (nSPS) is 36.4. The Balaban J connectivity index is 1.65. The van der Waals surface area contributed by atoms with Crippen LogP contribution in [0.1, 0.15) is 86.5 Å². The van der Waals surface area contributed by atoms with Crippen LogP contribution in [0.15, 0.2) is 22.4 Å². The molecule has 0 spiro atoms. The number of allylic oxidation sites excluding steroid dienone is 2. The van der Waals surface area contributed by atoms with Gasteiger partial charge in [0.15, 0.2) is 13.9 Å². The van der Waals surface area contributed by atoms with Gasteiger partial charge >= 0.3 is 5.97 Å². The minimum absolute atomic E-state index is 0.0538. The lowest BCUT2D eigenvalue weighted by Gasteiger charge is -2.44. The van der Waals surface area contributed by atoms with Gasteiger partial charge in [-0.05, 0) is 97.8 Å². The maximum absolute atomic E-state index is 12.7. The van der Waals surface area contributed by atoms with Crippen LogP contribution in [0.25, 0.3) is 0 Å². The smallest absolute Gasteiger partial charge is 0.346 e. The number of carbonyl (C=O) groups is 1. The molecule has 0 saturated heterocycles. The molecule has 3 aliphatic rings. The Hall–Kier alpha value is -0.393. The summed E-state index contributed by atoms with van der Waals surface area (Å²) in [6.45, 7) is 17.8. The number of cyclic esters (lactones) is 1. The van der Waals surface area contributed by atoms with E-state index in [9.17, 15) is 4.79 Å². The molecule has 1 unspecified atom stereocenters. The van der Waals surface area contributed by atoms with Gasteiger partial charge in [-0.25, -0.2) is 4.79 Å². The first kappa shape index (κ1) is 25.2. The fourth-order valence-corrected chi connectivity index (χ4v) is 8.27. The van der Waals surface area contributed by atoms with E-state index < -0.39 is 13.9 Å². The minimum Gasteiger partial charge on any atom is -0.429 e. The molecule has 0 N–H and O–H groups in total. The van der Waals surface area contributed by atoms with Crippen LogP contribution in [0.5, 0.6) is 0 Å². The second-order valence-corrected chi connectivity index (χ2v) is 17.4. The van der Waals surface area contributed by atoms with E-state index in [2.05, 4.69) is 68.6 Å². The Kier molecular flexibility index (Phi) is 7.13. The standard InChI is InChI=1S/C26H43BrO3Si/c1-18(21-13-14-22-19(17-27)10-9-15-25(21,22)5)11-12-20-16-26(6,23(28)29-20)30-31(7,8)24(2,3)4/h16-18,21-22H,9-15H2,1-8H3/t18-,21-,22?,25+,26+/m1/s1. The largest absolute Gasteiger partial charge is 0.429 e. The van der Waals surface area contributed by atoms with Crippen molar-refractivity contribution in [3.05, 3.63) is 22.4 Å². The molecular weight excluding hydrogens is 468 g/mol. The van der Waals surface area contributed by atoms with E-state index >= 15 is 0 Å². The molecule has 1 aliphatic heterocycles. The van der Waals surface area contributed by atoms with Crippen LogP contribution in [0.3, 0.4) is 0 Å². The van der Waals surface area contributed by atoms with Crippen LogP contribution < -0.4 is 0 Å². The number of carbonyl (C=O) groups excluding carboxylic acids is 1. The Morgan fingerprint density at radius 3 is 2.61 bits per heavy atom. The van der Waals surface area contributed by atoms with Gasteiger partial charge in [-0.3, -0.25) is 0 Å². The van der Waals surface area contributed by atoms with Gasteiger partial charge in [0, 0.05) is 6.42 Å². The van der Waals surface area contributed by atoms with E-state index in [1.54, 1.807) is 5.57 Å². The van der Waals surface area contributed by atoms with Crippen molar-refractivity contribution in [2.75, 3.05) is 0 Å². The molecule has 176 valence electrons. The van der Waals surface area contributed by atoms with Gasteiger partial charge in [-0.15, -0.1) is 0 Å². The molecule has 0 aromatic rings. The van der Waals surface area contributed by atoms with Crippen LogP contribution in [0.2, 0.25) is 18.1 Å². The van der Waals surface area contributed by atoms with Gasteiger partial charge in [0.1, 0.15) is 5.76 Å². The maximum atomic E-state index is 12.7. The van der Waals surface area contributed by atoms with Crippen LogP contribution in [-0.4, -0.2) is 19.9 Å². The van der Waals surface area contributed by atoms with E-state index in [4.69, 9.17) is 9.16 Å². The predicted octanol–water partition coefficient (Wildman–Crippen LogP) is 8.12. The summed E-state index contributed by atoms with van der Waals surface area (Å²) >= 11 is 3.63. The lowest BCUT2D eigenvalue weighted by Crippen LogP contribution is -2.50. The van der Waals surface area contributed by atoms with Crippen molar-refractivity contribution >= 4 is 30.2 Å². The second-order valence-electron chi connectivity index (χ2n) is 12.3. The molecule has 0 aromatic heterocycles. The fourth-order valence-electron chi connectivity index (χ4n) is 6.21. The highest BCUT2D eigenvalue weighted by molar-refractivity contribution is 9.11. The van der Waals surface area contributed by atoms with E-state index in [1.165, 1.54) is 32.1 Å². The van der Waals surface area contributed by atoms with E-state index in [1.807, 2.05) is 13.0 Å². The van der Waals surface area contributed by atoms with E-state index in [-0.39, 0.29) is 11.0 Å². The summed E-state index contributed by atoms with van der Waals surface area (Å²) in [5.74, 6) is 2.66. The predicted molar refractivity (Wildman–Crippen MR) is 134 cm³/mol. The molecule has 3 rings (SSSR count). The van der Waals surface area contributed by atoms with Gasteiger partial charge in [0.25, 0.3) is 0 Å². The molecule has 1 heterocycles. The van der Waals surface area contributed by atoms with Crippen LogP contribution in [0, 0.1) is 23.2 Å². The summed E-state index contributed by atoms with van der Waals surface area (Å²) in [5.41, 5.74) is 1.09. The highest BCUT2D eigenvalue weighted by atomic mass is 79.9. The maximum Gasteiger partial charge on any atom is 0.346 e. The third-order valence-corrected chi connectivity index (χ3v) is 14.2. The first-order chi connectivity index (χ1) is 14.2. The first-order valence-corrected chi connectivity index (χ1v) is 16.0. The van der Waals surface area contributed by atoms with Crippen molar-refractivity contribution in [2.45, 2.75) is 110 Å². The fraction of sp³-hybridized carbons (Fsp3) is 0.808. The number of fused-ring (bicyclic) bond motifs is 1. The van der Waals surface area contributed by atoms with Gasteiger partial charge in [0.05, 0.1) is 0 Å². The molecular formula is C26H43BrO3Si. The Bertz CT molecular complexity index is 765. The van der Waals surface area contributed by atoms with E-state index in [0.29, 0.717) is 11.3 Å². The molecule has 0 amide bonds. The first-order valence-electron chi connectivity index (χ1n) is 12.2. The molecule has 2 aliphatic carbocycles. The average Bonchev–Trinajstić information content (AvgIpc) is 3.14. The molecule has 0 radical (unpaired) electrons. The summed E-state index contributed by atoms with van der Waals surface area (Å²) < 4.78 is 12.2. The van der Waals surface area contributed by atoms with Crippen molar-refractivity contribution < 1.29 is 14.0 Å². The van der Waals surface area contributed by atoms with Crippen molar-refractivity contribution in [1.82, 2.24) is 0 Å². The third kappa shape index (κ3) is 4.79. The number of ether oxygens (including phenoxy) is 1. The van der Waals surface area contributed by atoms with Crippen molar-refractivity contribution in [2.24, 2.45) is 23.2 Å². The second kappa shape index (κ2) is 8.75. The highest BCUT2D eigenvalue weighted by Gasteiger charge is 2.51. The highest BCUT2D eigenvalue weighted by Crippen LogP contribution is 2.60. The minimum atomic E-state index is -2.07. The zero-order chi connectivity index (χ0) is 23.2. The molecule has 2 fully saturated rings. The van der Waals surface area contributed by atoms with Crippen LogP contribution in [0.4, 0.5) is 0 Å². The molecule has 31 heavy (non-hydrogen) atoms. The van der Waals surface area contributed by atoms with Crippen molar-refractivity contribution in [1.29, 1.82) is 0 Å². The van der Waals surface area contributed by atoms with Gasteiger partial charge in [0.2, 0.25) is 0 Å². The van der Waals surface area contributed by atoms with Gasteiger partial charge in [-0.1, -0.05) is 56.1 Å². The zero-order valence-electron chi connectivity index (χ0n) is 20.9. The Morgan fingerprint density at radius 1 is 1.32 bits per heavy atom. The molecule has 5 atom stereocenters. The summed E-state index contributed by atoms with van der Waals surface area (Å²) in [4.78, 5) is 14.9. The lowest BCUT2D eigenvalue weighted by molar-refractivity contribution is -0.149. The zero-order valence-corrected chi connectivity index (χ0v) is 23.5. The summed E-state index contributed by atoms with van der Waals surface area (Å²) in [5, 5.41) is 0.0538. The van der Waals surface area contributed by atoms with E-state index in [0.717, 1.165) is 30.4 Å². The number of halogens is 1. The summed E-state index contributed by atoms with van der Waals surface area (Å²) in [6.07, 6.45) is 10.4. The monoisotopic (exact) mass is 510 g/mol. The molecule has 3 nitrogen and oxygen atoms in total. The lowest BCUT2D eigenvalue weighted by atomic mass is 9.61. The number of esters is 1.